The van der Waals surface area contributed by atoms with Crippen molar-refractivity contribution in [2.24, 2.45) is 0 Å². The molecule has 0 saturated carbocycles. The van der Waals surface area contributed by atoms with Gasteiger partial charge in [-0.05, 0) is 45.7 Å². The number of hydrogen-bond acceptors (Lipinski definition) is 2. The Morgan fingerprint density at radius 1 is 0.905 bits per heavy atom. The summed E-state index contributed by atoms with van der Waals surface area (Å²) in [6.07, 6.45) is 6.25. The molecule has 2 saturated heterocycles. The lowest BCUT2D eigenvalue weighted by Crippen LogP contribution is -2.43. The molecule has 2 heterocycles. The van der Waals surface area contributed by atoms with E-state index in [0.29, 0.717) is 18.5 Å². The minimum Gasteiger partial charge on any atom is -0.339 e. The van der Waals surface area contributed by atoms with Gasteiger partial charge >= 0.3 is 0 Å². The zero-order valence-corrected chi connectivity index (χ0v) is 13.2. The summed E-state index contributed by atoms with van der Waals surface area (Å²) in [5.41, 5.74) is 0. The molecular weight excluding hydrogens is 260 g/mol. The van der Waals surface area contributed by atoms with Crippen molar-refractivity contribution in [2.45, 2.75) is 45.1 Å². The first-order chi connectivity index (χ1) is 10.3. The number of carbonyl (C=O) groups excluding carboxylic acids is 1. The van der Waals surface area contributed by atoms with Gasteiger partial charge in [0.2, 0.25) is 5.91 Å². The second-order valence-corrected chi connectivity index (χ2v) is 6.07. The third kappa shape index (κ3) is 5.50. The van der Waals surface area contributed by atoms with E-state index < -0.39 is 0 Å². The van der Waals surface area contributed by atoms with Crippen LogP contribution in [0, 0.1) is 0 Å². The predicted octanol–water partition coefficient (Wildman–Crippen LogP) is 3.17. The minimum absolute atomic E-state index is 0.349. The zero-order valence-electron chi connectivity index (χ0n) is 13.2. The van der Waals surface area contributed by atoms with Crippen molar-refractivity contribution >= 4 is 5.91 Å². The van der Waals surface area contributed by atoms with E-state index in [2.05, 4.69) is 16.7 Å². The predicted molar refractivity (Wildman–Crippen MR) is 87.1 cm³/mol. The summed E-state index contributed by atoms with van der Waals surface area (Å²) in [5.74, 6) is 0.349. The molecule has 3 heteroatoms. The maximum Gasteiger partial charge on any atom is 0.236 e. The molecule has 1 aromatic carbocycles. The molecule has 2 aliphatic heterocycles. The van der Waals surface area contributed by atoms with Gasteiger partial charge in [-0.25, -0.2) is 0 Å². The first kappa shape index (κ1) is 16.0. The van der Waals surface area contributed by atoms with Crippen LogP contribution in [0.5, 0.6) is 0 Å². The smallest absolute Gasteiger partial charge is 0.236 e. The number of benzene rings is 1. The molecule has 1 atom stereocenters. The molecule has 0 unspecified atom stereocenters. The lowest BCUT2D eigenvalue weighted by atomic mass is 10.1. The molecule has 1 amide bonds. The number of rotatable bonds is 2. The Balaban J connectivity index is 0.000000225. The van der Waals surface area contributed by atoms with Gasteiger partial charge in [0.05, 0.1) is 6.54 Å². The minimum atomic E-state index is 0.349. The van der Waals surface area contributed by atoms with Gasteiger partial charge in [0.25, 0.3) is 0 Å². The maximum absolute atomic E-state index is 12.0. The van der Waals surface area contributed by atoms with E-state index in [0.717, 1.165) is 19.6 Å². The van der Waals surface area contributed by atoms with Crippen molar-refractivity contribution in [3.63, 3.8) is 0 Å². The summed E-state index contributed by atoms with van der Waals surface area (Å²) >= 11 is 0. The fraction of sp³-hybridized carbons (Fsp3) is 0.611. The molecule has 0 aliphatic carbocycles. The highest BCUT2D eigenvalue weighted by Crippen LogP contribution is 2.17. The van der Waals surface area contributed by atoms with Crippen molar-refractivity contribution in [2.75, 3.05) is 26.2 Å². The number of likely N-dealkylation sites (tertiary alicyclic amines) is 2. The van der Waals surface area contributed by atoms with Crippen LogP contribution in [0.1, 0.15) is 39.0 Å². The molecule has 2 aliphatic rings. The second-order valence-electron chi connectivity index (χ2n) is 6.07. The molecule has 3 rings (SSSR count). The van der Waals surface area contributed by atoms with Crippen LogP contribution in [-0.4, -0.2) is 47.9 Å². The fourth-order valence-electron chi connectivity index (χ4n) is 3.09. The van der Waals surface area contributed by atoms with Crippen LogP contribution >= 0.6 is 0 Å². The molecule has 0 bridgehead atoms. The monoisotopic (exact) mass is 288 g/mol. The molecular formula is C18H28N2O. The van der Waals surface area contributed by atoms with E-state index in [1.165, 1.54) is 32.1 Å². The number of hydrogen-bond donors (Lipinski definition) is 0. The van der Waals surface area contributed by atoms with Gasteiger partial charge in [0, 0.05) is 12.6 Å². The largest absolute Gasteiger partial charge is 0.339 e. The highest BCUT2D eigenvalue weighted by molar-refractivity contribution is 5.78. The van der Waals surface area contributed by atoms with Crippen molar-refractivity contribution in [3.05, 3.63) is 36.4 Å². The molecule has 3 nitrogen and oxygen atoms in total. The molecule has 2 fully saturated rings. The van der Waals surface area contributed by atoms with Crippen molar-refractivity contribution in [3.8, 4) is 0 Å². The van der Waals surface area contributed by atoms with Crippen molar-refractivity contribution in [1.82, 2.24) is 9.80 Å². The highest BCUT2D eigenvalue weighted by Gasteiger charge is 2.26. The Morgan fingerprint density at radius 2 is 1.48 bits per heavy atom. The normalized spacial score (nSPS) is 22.5. The van der Waals surface area contributed by atoms with E-state index in [1.54, 1.807) is 0 Å². The van der Waals surface area contributed by atoms with Gasteiger partial charge in [-0.3, -0.25) is 9.69 Å². The maximum atomic E-state index is 12.0. The topological polar surface area (TPSA) is 23.6 Å². The van der Waals surface area contributed by atoms with E-state index in [-0.39, 0.29) is 0 Å². The van der Waals surface area contributed by atoms with Gasteiger partial charge in [0.15, 0.2) is 0 Å². The third-order valence-electron chi connectivity index (χ3n) is 4.35. The van der Waals surface area contributed by atoms with Gasteiger partial charge < -0.3 is 4.90 Å². The highest BCUT2D eigenvalue weighted by atomic mass is 16.2. The number of carbonyl (C=O) groups is 1. The summed E-state index contributed by atoms with van der Waals surface area (Å²) in [6, 6.07) is 12.5. The van der Waals surface area contributed by atoms with E-state index in [4.69, 9.17) is 0 Å². The van der Waals surface area contributed by atoms with Crippen molar-refractivity contribution < 1.29 is 4.79 Å². The Kier molecular flexibility index (Phi) is 6.74. The fourth-order valence-corrected chi connectivity index (χ4v) is 3.09. The summed E-state index contributed by atoms with van der Waals surface area (Å²) in [4.78, 5) is 16.4. The molecule has 1 aromatic rings. The Bertz CT molecular complexity index is 374. The van der Waals surface area contributed by atoms with Gasteiger partial charge in [-0.15, -0.1) is 0 Å². The number of amides is 1. The molecule has 21 heavy (non-hydrogen) atoms. The summed E-state index contributed by atoms with van der Waals surface area (Å²) in [6.45, 7) is 6.04. The van der Waals surface area contributed by atoms with Gasteiger partial charge in [-0.2, -0.15) is 0 Å². The van der Waals surface area contributed by atoms with E-state index in [9.17, 15) is 4.79 Å². The molecule has 0 radical (unpaired) electrons. The molecule has 0 spiro atoms. The van der Waals surface area contributed by atoms with E-state index in [1.807, 2.05) is 36.4 Å². The molecule has 0 aromatic heterocycles. The molecule has 0 N–H and O–H groups in total. The lowest BCUT2D eigenvalue weighted by Gasteiger charge is -2.29. The van der Waals surface area contributed by atoms with Crippen LogP contribution in [0.25, 0.3) is 0 Å². The molecule has 116 valence electrons. The number of nitrogens with zero attached hydrogens (tertiary/aromatic N) is 2. The van der Waals surface area contributed by atoms with Crippen LogP contribution in [0.3, 0.4) is 0 Å². The quantitative estimate of drug-likeness (QED) is 0.834. The first-order valence-corrected chi connectivity index (χ1v) is 8.29. The third-order valence-corrected chi connectivity index (χ3v) is 4.35. The van der Waals surface area contributed by atoms with Gasteiger partial charge in [0.1, 0.15) is 0 Å². The average molecular weight is 288 g/mol. The van der Waals surface area contributed by atoms with E-state index >= 15 is 0 Å². The van der Waals surface area contributed by atoms with Crippen LogP contribution in [0.15, 0.2) is 36.4 Å². The van der Waals surface area contributed by atoms with Crippen LogP contribution in [-0.2, 0) is 4.79 Å². The van der Waals surface area contributed by atoms with Crippen LogP contribution in [0.4, 0.5) is 0 Å². The van der Waals surface area contributed by atoms with Crippen LogP contribution < -0.4 is 0 Å². The summed E-state index contributed by atoms with van der Waals surface area (Å²) < 4.78 is 0. The standard InChI is InChI=1S/C12H22N2O.C6H6/c1-11-6-5-9-14(11)12(15)10-13-7-3-2-4-8-13;1-2-4-6-5-3-1/h11H,2-10H2,1H3;1-6H/t11-;/m0./s1. The second kappa shape index (κ2) is 8.83. The van der Waals surface area contributed by atoms with Crippen LogP contribution in [0.2, 0.25) is 0 Å². The Hall–Kier alpha value is -1.35. The van der Waals surface area contributed by atoms with Gasteiger partial charge in [-0.1, -0.05) is 42.8 Å². The SMILES string of the molecule is C[C@H]1CCCN1C(=O)CN1CCCCC1.c1ccccc1. The van der Waals surface area contributed by atoms with Crippen molar-refractivity contribution in [1.29, 1.82) is 0 Å². The zero-order chi connectivity index (χ0) is 14.9. The number of piperidine rings is 1. The first-order valence-electron chi connectivity index (χ1n) is 8.29. The summed E-state index contributed by atoms with van der Waals surface area (Å²) in [7, 11) is 0. The Labute approximate surface area is 128 Å². The lowest BCUT2D eigenvalue weighted by molar-refractivity contribution is -0.133. The average Bonchev–Trinajstić information content (AvgIpc) is 2.97. The Morgan fingerprint density at radius 3 is 1.95 bits per heavy atom. The summed E-state index contributed by atoms with van der Waals surface area (Å²) in [5, 5.41) is 0.